The Morgan fingerprint density at radius 1 is 1.27 bits per heavy atom. The largest absolute Gasteiger partial charge is 0.370 e. The summed E-state index contributed by atoms with van der Waals surface area (Å²) in [6.45, 7) is 1.94. The monoisotopic (exact) mass is 404 g/mol. The number of halogens is 2. The summed E-state index contributed by atoms with van der Waals surface area (Å²) in [5, 5.41) is 4.22. The van der Waals surface area contributed by atoms with E-state index < -0.39 is 0 Å². The summed E-state index contributed by atoms with van der Waals surface area (Å²) < 4.78 is 7.65. The van der Waals surface area contributed by atoms with Crippen molar-refractivity contribution in [3.05, 3.63) is 18.0 Å². The van der Waals surface area contributed by atoms with E-state index in [4.69, 9.17) is 10.5 Å². The fourth-order valence-corrected chi connectivity index (χ4v) is 4.91. The third kappa shape index (κ3) is 4.19. The van der Waals surface area contributed by atoms with Gasteiger partial charge in [0.1, 0.15) is 6.10 Å². The number of fused-ring (bicyclic) bond motifs is 2. The van der Waals surface area contributed by atoms with E-state index >= 15 is 0 Å². The van der Waals surface area contributed by atoms with Crippen molar-refractivity contribution >= 4 is 30.7 Å². The van der Waals surface area contributed by atoms with E-state index in [1.807, 2.05) is 24.3 Å². The average molecular weight is 405 g/mol. The minimum atomic E-state index is -0.0539. The number of amides is 1. The molecule has 0 radical (unpaired) electrons. The zero-order chi connectivity index (χ0) is 16.7. The number of aryl methyl sites for hydroxylation is 1. The van der Waals surface area contributed by atoms with Crippen molar-refractivity contribution in [2.45, 2.75) is 44.2 Å². The van der Waals surface area contributed by atoms with Gasteiger partial charge in [0.15, 0.2) is 0 Å². The Kier molecular flexibility index (Phi) is 7.36. The van der Waals surface area contributed by atoms with Crippen molar-refractivity contribution in [1.29, 1.82) is 0 Å². The topological polar surface area (TPSA) is 73.4 Å². The van der Waals surface area contributed by atoms with Crippen LogP contribution in [0.15, 0.2) is 12.4 Å². The minimum Gasteiger partial charge on any atom is -0.370 e. The zero-order valence-electron chi connectivity index (χ0n) is 15.3. The standard InChI is InChI=1S/C18H28N4O2.2ClH/c1-21-10-15(9-20-21)16-11-22(5-6-24-16)18(23)14-7-12-3-2-4-13(8-14)17(12)19;;/h9-10,12-14,16-17H,2-8,11,19H2,1H3;2*1H. The molecule has 2 bridgehead atoms. The second kappa shape index (κ2) is 8.91. The van der Waals surface area contributed by atoms with Crippen molar-refractivity contribution in [2.24, 2.45) is 30.5 Å². The van der Waals surface area contributed by atoms with Gasteiger partial charge in [0.05, 0.1) is 19.3 Å². The molecule has 2 saturated carbocycles. The quantitative estimate of drug-likeness (QED) is 0.820. The van der Waals surface area contributed by atoms with E-state index in [0.717, 1.165) is 18.4 Å². The van der Waals surface area contributed by atoms with Crippen LogP contribution in [0.1, 0.15) is 43.8 Å². The van der Waals surface area contributed by atoms with Crippen LogP contribution in [0.3, 0.4) is 0 Å². The number of aromatic nitrogens is 2. The predicted molar refractivity (Wildman–Crippen MR) is 105 cm³/mol. The Morgan fingerprint density at radius 3 is 2.58 bits per heavy atom. The molecule has 1 aromatic rings. The number of rotatable bonds is 2. The lowest BCUT2D eigenvalue weighted by atomic mass is 9.65. The second-order valence-electron chi connectivity index (χ2n) is 7.79. The molecule has 1 amide bonds. The average Bonchev–Trinajstić information content (AvgIpc) is 3.01. The Hall–Kier alpha value is -0.820. The number of nitrogens with zero attached hydrogens (tertiary/aromatic N) is 3. The summed E-state index contributed by atoms with van der Waals surface area (Å²) in [6.07, 6.45) is 9.39. The van der Waals surface area contributed by atoms with Crippen LogP contribution in [0, 0.1) is 17.8 Å². The van der Waals surface area contributed by atoms with Crippen LogP contribution in [-0.2, 0) is 16.6 Å². The van der Waals surface area contributed by atoms with E-state index in [-0.39, 0.29) is 36.8 Å². The van der Waals surface area contributed by atoms with Crippen molar-refractivity contribution in [3.8, 4) is 0 Å². The molecule has 26 heavy (non-hydrogen) atoms. The second-order valence-corrected chi connectivity index (χ2v) is 7.79. The van der Waals surface area contributed by atoms with Crippen LogP contribution >= 0.6 is 24.8 Å². The highest BCUT2D eigenvalue weighted by molar-refractivity contribution is 5.85. The first-order valence-corrected chi connectivity index (χ1v) is 9.26. The maximum absolute atomic E-state index is 13.1. The van der Waals surface area contributed by atoms with E-state index in [0.29, 0.717) is 43.5 Å². The molecule has 6 nitrogen and oxygen atoms in total. The van der Waals surface area contributed by atoms with E-state index in [1.54, 1.807) is 4.68 Å². The molecule has 8 heteroatoms. The minimum absolute atomic E-state index is 0. The first-order chi connectivity index (χ1) is 11.6. The molecule has 1 aliphatic heterocycles. The fourth-order valence-electron chi connectivity index (χ4n) is 4.91. The normalized spacial score (nSPS) is 33.8. The smallest absolute Gasteiger partial charge is 0.225 e. The maximum Gasteiger partial charge on any atom is 0.225 e. The Morgan fingerprint density at radius 2 is 1.96 bits per heavy atom. The van der Waals surface area contributed by atoms with Crippen LogP contribution in [0.5, 0.6) is 0 Å². The molecule has 148 valence electrons. The van der Waals surface area contributed by atoms with Gasteiger partial charge >= 0.3 is 0 Å². The van der Waals surface area contributed by atoms with Gasteiger partial charge in [-0.15, -0.1) is 24.8 Å². The molecule has 1 aromatic heterocycles. The Balaban J connectivity index is 0.00000121. The number of carbonyl (C=O) groups excluding carboxylic acids is 1. The van der Waals surface area contributed by atoms with Crippen molar-refractivity contribution in [3.63, 3.8) is 0 Å². The van der Waals surface area contributed by atoms with Crippen molar-refractivity contribution < 1.29 is 9.53 Å². The molecule has 4 rings (SSSR count). The summed E-state index contributed by atoms with van der Waals surface area (Å²) in [6, 6.07) is 0.315. The Labute approximate surface area is 167 Å². The predicted octanol–water partition coefficient (Wildman–Crippen LogP) is 2.32. The van der Waals surface area contributed by atoms with Gasteiger partial charge in [-0.3, -0.25) is 9.48 Å². The van der Waals surface area contributed by atoms with Gasteiger partial charge in [-0.1, -0.05) is 6.42 Å². The number of nitrogens with two attached hydrogens (primary N) is 1. The lowest BCUT2D eigenvalue weighted by Gasteiger charge is -2.45. The molecule has 2 N–H and O–H groups in total. The highest BCUT2D eigenvalue weighted by atomic mass is 35.5. The van der Waals surface area contributed by atoms with Gasteiger partial charge in [-0.2, -0.15) is 5.10 Å². The van der Waals surface area contributed by atoms with Crippen LogP contribution in [-0.4, -0.2) is 46.3 Å². The van der Waals surface area contributed by atoms with Crippen molar-refractivity contribution in [2.75, 3.05) is 19.7 Å². The van der Waals surface area contributed by atoms with Gasteiger partial charge < -0.3 is 15.4 Å². The SMILES string of the molecule is Cl.Cl.Cn1cc(C2CN(C(=O)C3CC4CCCC(C3)C4N)CCO2)cn1. The van der Waals surface area contributed by atoms with E-state index in [9.17, 15) is 4.79 Å². The summed E-state index contributed by atoms with van der Waals surface area (Å²) in [4.78, 5) is 15.1. The zero-order valence-corrected chi connectivity index (χ0v) is 16.9. The van der Waals surface area contributed by atoms with Crippen LogP contribution in [0.4, 0.5) is 0 Å². The van der Waals surface area contributed by atoms with Crippen LogP contribution in [0.25, 0.3) is 0 Å². The molecule has 2 heterocycles. The van der Waals surface area contributed by atoms with Gasteiger partial charge in [0, 0.05) is 37.3 Å². The van der Waals surface area contributed by atoms with Gasteiger partial charge in [-0.25, -0.2) is 0 Å². The molecule has 3 aliphatic rings. The summed E-state index contributed by atoms with van der Waals surface area (Å²) >= 11 is 0. The molecule has 0 aromatic carbocycles. The third-order valence-electron chi connectivity index (χ3n) is 6.24. The number of ether oxygens (including phenoxy) is 1. The lowest BCUT2D eigenvalue weighted by molar-refractivity contribution is -0.146. The summed E-state index contributed by atoms with van der Waals surface area (Å²) in [5.41, 5.74) is 7.42. The van der Waals surface area contributed by atoms with Gasteiger partial charge in [0.2, 0.25) is 5.91 Å². The first kappa shape index (κ1) is 21.5. The van der Waals surface area contributed by atoms with E-state index in [2.05, 4.69) is 5.10 Å². The van der Waals surface area contributed by atoms with Crippen LogP contribution in [0.2, 0.25) is 0 Å². The van der Waals surface area contributed by atoms with Gasteiger partial charge in [0.25, 0.3) is 0 Å². The van der Waals surface area contributed by atoms with Crippen molar-refractivity contribution in [1.82, 2.24) is 14.7 Å². The highest BCUT2D eigenvalue weighted by Gasteiger charge is 2.42. The molecule has 0 spiro atoms. The molecular formula is C18H30Cl2N4O2. The number of morpholine rings is 1. The fraction of sp³-hybridized carbons (Fsp3) is 0.778. The first-order valence-electron chi connectivity index (χ1n) is 9.26. The number of hydrogen-bond acceptors (Lipinski definition) is 4. The molecule has 3 fully saturated rings. The lowest BCUT2D eigenvalue weighted by Crippen LogP contribution is -2.51. The maximum atomic E-state index is 13.1. The van der Waals surface area contributed by atoms with Crippen LogP contribution < -0.4 is 5.73 Å². The highest BCUT2D eigenvalue weighted by Crippen LogP contribution is 2.42. The molecule has 3 atom stereocenters. The Bertz CT molecular complexity index is 598. The molecular weight excluding hydrogens is 375 g/mol. The van der Waals surface area contributed by atoms with E-state index in [1.165, 1.54) is 19.3 Å². The molecule has 1 saturated heterocycles. The molecule has 3 unspecified atom stereocenters. The summed E-state index contributed by atoms with van der Waals surface area (Å²) in [7, 11) is 1.90. The third-order valence-corrected chi connectivity index (χ3v) is 6.24. The van der Waals surface area contributed by atoms with Gasteiger partial charge in [-0.05, 0) is 37.5 Å². The molecule has 2 aliphatic carbocycles. The summed E-state index contributed by atoms with van der Waals surface area (Å²) in [5.74, 6) is 1.56. The number of hydrogen-bond donors (Lipinski definition) is 1. The number of carbonyl (C=O) groups is 1.